The van der Waals surface area contributed by atoms with E-state index in [1.54, 1.807) is 0 Å². The fraction of sp³-hybridized carbons (Fsp3) is 0.909. The third-order valence-corrected chi connectivity index (χ3v) is 2.72. The largest absolute Gasteiger partial charge is 0.337 e. The normalized spacial score (nSPS) is 17.3. The van der Waals surface area contributed by atoms with Gasteiger partial charge in [-0.1, -0.05) is 19.8 Å². The second-order valence-corrected chi connectivity index (χ2v) is 3.99. The van der Waals surface area contributed by atoms with Gasteiger partial charge in [-0.25, -0.2) is 4.79 Å². The van der Waals surface area contributed by atoms with Gasteiger partial charge in [0.05, 0.1) is 0 Å². The molecule has 0 radical (unpaired) electrons. The quantitative estimate of drug-likeness (QED) is 0.689. The highest BCUT2D eigenvalue weighted by atomic mass is 16.2. The number of hydrogen-bond acceptors (Lipinski definition) is 2. The van der Waals surface area contributed by atoms with Gasteiger partial charge in [0.1, 0.15) is 0 Å². The number of likely N-dealkylation sites (tertiary alicyclic amines) is 1. The molecule has 2 N–H and O–H groups in total. The number of urea groups is 1. The van der Waals surface area contributed by atoms with Crippen molar-refractivity contribution >= 4 is 6.03 Å². The first-order chi connectivity index (χ1) is 7.34. The summed E-state index contributed by atoms with van der Waals surface area (Å²) in [5.41, 5.74) is 0. The molecule has 0 saturated carbocycles. The van der Waals surface area contributed by atoms with Crippen LogP contribution in [0.3, 0.4) is 0 Å². The van der Waals surface area contributed by atoms with E-state index in [1.165, 1.54) is 12.8 Å². The van der Waals surface area contributed by atoms with Crippen molar-refractivity contribution in [2.75, 3.05) is 32.7 Å². The molecule has 1 fully saturated rings. The second kappa shape index (κ2) is 7.51. The summed E-state index contributed by atoms with van der Waals surface area (Å²) in [7, 11) is 0. The minimum Gasteiger partial charge on any atom is -0.337 e. The lowest BCUT2D eigenvalue weighted by Gasteiger charge is -2.20. The van der Waals surface area contributed by atoms with Gasteiger partial charge in [0, 0.05) is 26.2 Å². The van der Waals surface area contributed by atoms with Crippen molar-refractivity contribution in [2.24, 2.45) is 0 Å². The highest BCUT2D eigenvalue weighted by molar-refractivity contribution is 5.74. The van der Waals surface area contributed by atoms with Crippen LogP contribution >= 0.6 is 0 Å². The van der Waals surface area contributed by atoms with Gasteiger partial charge in [0.2, 0.25) is 0 Å². The molecule has 15 heavy (non-hydrogen) atoms. The van der Waals surface area contributed by atoms with Crippen molar-refractivity contribution in [2.45, 2.75) is 32.6 Å². The van der Waals surface area contributed by atoms with Crippen LogP contribution < -0.4 is 10.6 Å². The average Bonchev–Trinajstić information content (AvgIpc) is 2.52. The van der Waals surface area contributed by atoms with E-state index >= 15 is 0 Å². The molecule has 0 aromatic heterocycles. The lowest BCUT2D eigenvalue weighted by Crippen LogP contribution is -2.42. The predicted octanol–water partition coefficient (Wildman–Crippen LogP) is 1.18. The van der Waals surface area contributed by atoms with Crippen LogP contribution in [0.15, 0.2) is 0 Å². The standard InChI is InChI=1S/C11H23N3O/c1-2-12-7-8-13-11(15)14-9-5-3-4-6-10-14/h12H,2-10H2,1H3,(H,13,15). The Kier molecular flexibility index (Phi) is 6.16. The smallest absolute Gasteiger partial charge is 0.317 e. The van der Waals surface area contributed by atoms with Crippen LogP contribution in [-0.2, 0) is 0 Å². The molecule has 0 aromatic rings. The summed E-state index contributed by atoms with van der Waals surface area (Å²) in [5.74, 6) is 0. The molecule has 1 rings (SSSR count). The van der Waals surface area contributed by atoms with E-state index in [2.05, 4.69) is 17.6 Å². The van der Waals surface area contributed by atoms with Crippen LogP contribution in [-0.4, -0.2) is 43.7 Å². The lowest BCUT2D eigenvalue weighted by atomic mass is 10.2. The van der Waals surface area contributed by atoms with Crippen LogP contribution in [0.1, 0.15) is 32.6 Å². The van der Waals surface area contributed by atoms with Gasteiger partial charge in [-0.15, -0.1) is 0 Å². The van der Waals surface area contributed by atoms with Crippen molar-refractivity contribution in [1.82, 2.24) is 15.5 Å². The zero-order valence-electron chi connectivity index (χ0n) is 9.72. The Balaban J connectivity index is 2.14. The molecule has 1 aliphatic rings. The van der Waals surface area contributed by atoms with E-state index in [4.69, 9.17) is 0 Å². The van der Waals surface area contributed by atoms with Crippen molar-refractivity contribution in [3.05, 3.63) is 0 Å². The molecule has 2 amide bonds. The minimum atomic E-state index is 0.106. The van der Waals surface area contributed by atoms with Gasteiger partial charge in [-0.3, -0.25) is 0 Å². The van der Waals surface area contributed by atoms with Crippen molar-refractivity contribution in [3.63, 3.8) is 0 Å². The maximum absolute atomic E-state index is 11.7. The van der Waals surface area contributed by atoms with Gasteiger partial charge in [-0.05, 0) is 19.4 Å². The Hall–Kier alpha value is -0.770. The summed E-state index contributed by atoms with van der Waals surface area (Å²) in [6.45, 7) is 6.45. The molecule has 0 aromatic carbocycles. The molecule has 0 spiro atoms. The monoisotopic (exact) mass is 213 g/mol. The SMILES string of the molecule is CCNCCNC(=O)N1CCCCCC1. The predicted molar refractivity (Wildman–Crippen MR) is 62.0 cm³/mol. The molecule has 0 atom stereocenters. The first kappa shape index (κ1) is 12.3. The summed E-state index contributed by atoms with van der Waals surface area (Å²) < 4.78 is 0. The van der Waals surface area contributed by atoms with Gasteiger partial charge in [-0.2, -0.15) is 0 Å². The Morgan fingerprint density at radius 1 is 1.13 bits per heavy atom. The zero-order valence-corrected chi connectivity index (χ0v) is 9.72. The number of carbonyl (C=O) groups is 1. The summed E-state index contributed by atoms with van der Waals surface area (Å²) in [6.07, 6.45) is 4.84. The van der Waals surface area contributed by atoms with Crippen molar-refractivity contribution in [1.29, 1.82) is 0 Å². The molecular formula is C11H23N3O. The number of rotatable bonds is 4. The first-order valence-electron chi connectivity index (χ1n) is 6.08. The van der Waals surface area contributed by atoms with Crippen molar-refractivity contribution < 1.29 is 4.79 Å². The maximum Gasteiger partial charge on any atom is 0.317 e. The Bertz CT molecular complexity index is 177. The van der Waals surface area contributed by atoms with Gasteiger partial charge < -0.3 is 15.5 Å². The summed E-state index contributed by atoms with van der Waals surface area (Å²) in [6, 6.07) is 0.106. The number of nitrogens with one attached hydrogen (secondary N) is 2. The van der Waals surface area contributed by atoms with Crippen LogP contribution in [0.2, 0.25) is 0 Å². The van der Waals surface area contributed by atoms with E-state index < -0.39 is 0 Å². The number of likely N-dealkylation sites (N-methyl/N-ethyl adjacent to an activating group) is 1. The number of amides is 2. The molecule has 0 bridgehead atoms. The molecule has 0 aliphatic carbocycles. The number of nitrogens with zero attached hydrogens (tertiary/aromatic N) is 1. The highest BCUT2D eigenvalue weighted by Gasteiger charge is 2.14. The minimum absolute atomic E-state index is 0.106. The van der Waals surface area contributed by atoms with Crippen LogP contribution in [0.4, 0.5) is 4.79 Å². The van der Waals surface area contributed by atoms with Gasteiger partial charge in [0.15, 0.2) is 0 Å². The maximum atomic E-state index is 11.7. The van der Waals surface area contributed by atoms with E-state index in [9.17, 15) is 4.79 Å². The van der Waals surface area contributed by atoms with E-state index in [0.29, 0.717) is 0 Å². The zero-order chi connectivity index (χ0) is 10.9. The van der Waals surface area contributed by atoms with Crippen molar-refractivity contribution in [3.8, 4) is 0 Å². The Labute approximate surface area is 92.4 Å². The summed E-state index contributed by atoms with van der Waals surface area (Å²) in [4.78, 5) is 13.6. The molecule has 0 unspecified atom stereocenters. The lowest BCUT2D eigenvalue weighted by molar-refractivity contribution is 0.200. The molecule has 1 aliphatic heterocycles. The number of hydrogen-bond donors (Lipinski definition) is 2. The summed E-state index contributed by atoms with van der Waals surface area (Å²) >= 11 is 0. The molecular weight excluding hydrogens is 190 g/mol. The molecule has 4 nitrogen and oxygen atoms in total. The Morgan fingerprint density at radius 2 is 1.80 bits per heavy atom. The summed E-state index contributed by atoms with van der Waals surface area (Å²) in [5, 5.41) is 6.13. The fourth-order valence-corrected chi connectivity index (χ4v) is 1.82. The molecule has 4 heteroatoms. The number of carbonyl (C=O) groups excluding carboxylic acids is 1. The van der Waals surface area contributed by atoms with Crippen LogP contribution in [0.5, 0.6) is 0 Å². The second-order valence-electron chi connectivity index (χ2n) is 3.99. The third-order valence-electron chi connectivity index (χ3n) is 2.72. The van der Waals surface area contributed by atoms with E-state index in [1.807, 2.05) is 4.90 Å². The average molecular weight is 213 g/mol. The molecule has 1 heterocycles. The molecule has 1 saturated heterocycles. The van der Waals surface area contributed by atoms with Gasteiger partial charge >= 0.3 is 6.03 Å². The molecule has 88 valence electrons. The Morgan fingerprint density at radius 3 is 2.40 bits per heavy atom. The fourth-order valence-electron chi connectivity index (χ4n) is 1.82. The van der Waals surface area contributed by atoms with E-state index in [0.717, 1.165) is 45.6 Å². The van der Waals surface area contributed by atoms with Crippen LogP contribution in [0, 0.1) is 0 Å². The highest BCUT2D eigenvalue weighted by Crippen LogP contribution is 2.09. The van der Waals surface area contributed by atoms with Crippen LogP contribution in [0.25, 0.3) is 0 Å². The van der Waals surface area contributed by atoms with Gasteiger partial charge in [0.25, 0.3) is 0 Å². The first-order valence-corrected chi connectivity index (χ1v) is 6.08. The topological polar surface area (TPSA) is 44.4 Å². The third kappa shape index (κ3) is 5.02. The van der Waals surface area contributed by atoms with E-state index in [-0.39, 0.29) is 6.03 Å².